The minimum atomic E-state index is -10.7. The van der Waals surface area contributed by atoms with E-state index in [-0.39, 0.29) is 0 Å². The number of alkyl halides is 3. The zero-order chi connectivity index (χ0) is 31.0. The maximum Gasteiger partial charge on any atom is 0.485 e. The van der Waals surface area contributed by atoms with Gasteiger partial charge in [-0.15, -0.1) is 0 Å². The molecule has 234 valence electrons. The van der Waals surface area contributed by atoms with Gasteiger partial charge in [-0.05, 0) is 25.7 Å². The van der Waals surface area contributed by atoms with Gasteiger partial charge in [0.1, 0.15) is 24.8 Å². The molecule has 18 heteroatoms. The van der Waals surface area contributed by atoms with E-state index in [1.54, 1.807) is 0 Å². The van der Waals surface area contributed by atoms with Crippen LogP contribution >= 0.6 is 7.81 Å². The summed E-state index contributed by atoms with van der Waals surface area (Å²) in [6.07, 6.45) is 23.4. The first-order valence-electron chi connectivity index (χ1n) is 12.0. The van der Waals surface area contributed by atoms with Gasteiger partial charge in [-0.2, -0.15) is 13.2 Å². The number of hydrogen-bond donors (Lipinski definition) is 0. The first kappa shape index (κ1) is 39.3. The number of aromatic nitrogens is 4. The molecule has 2 heterocycles. The molecule has 0 fully saturated rings. The predicted molar refractivity (Wildman–Crippen MR) is 129 cm³/mol. The Labute approximate surface area is 223 Å². The van der Waals surface area contributed by atoms with Crippen molar-refractivity contribution in [3.8, 4) is 0 Å². The van der Waals surface area contributed by atoms with Crippen LogP contribution in [0.5, 0.6) is 0 Å². The van der Waals surface area contributed by atoms with Crippen LogP contribution in [0.3, 0.4) is 0 Å². The minimum absolute atomic E-state index is 1.17. The van der Waals surface area contributed by atoms with Crippen molar-refractivity contribution in [2.24, 2.45) is 14.1 Å². The quantitative estimate of drug-likeness (QED) is 0.0697. The molecular formula is C21H38F9N4O3PS. The number of unbranched alkanes of at least 4 members (excludes halogenated alkanes) is 6. The van der Waals surface area contributed by atoms with Crippen LogP contribution in [0.15, 0.2) is 37.4 Å². The van der Waals surface area contributed by atoms with Gasteiger partial charge < -0.3 is 4.55 Å². The normalized spacial score (nSPS) is 13.5. The summed E-state index contributed by atoms with van der Waals surface area (Å²) in [5.41, 5.74) is -5.65. The van der Waals surface area contributed by atoms with Gasteiger partial charge in [-0.25, -0.2) is 26.7 Å². The summed E-state index contributed by atoms with van der Waals surface area (Å²) in [7, 11) is -12.6. The Morgan fingerprint density at radius 2 is 1.00 bits per heavy atom. The van der Waals surface area contributed by atoms with Crippen LogP contribution < -0.4 is 9.13 Å². The number of rotatable bonds is 10. The molecule has 0 atom stereocenters. The second kappa shape index (κ2) is 15.8. The molecule has 0 N–H and O–H groups in total. The predicted octanol–water partition coefficient (Wildman–Crippen LogP) is 7.22. The summed E-state index contributed by atoms with van der Waals surface area (Å²) in [5.74, 6) is 0. The Morgan fingerprint density at radius 3 is 1.18 bits per heavy atom. The van der Waals surface area contributed by atoms with Crippen molar-refractivity contribution in [2.45, 2.75) is 83.8 Å². The third-order valence-electron chi connectivity index (χ3n) is 4.47. The smallest absolute Gasteiger partial charge is 0.485 e. The molecule has 0 spiro atoms. The fraction of sp³-hybridized carbons (Fsp3) is 0.714. The van der Waals surface area contributed by atoms with E-state index in [0.717, 1.165) is 0 Å². The first-order chi connectivity index (χ1) is 17.4. The standard InChI is InChI=1S/2C10H19N2.CHF3O3S.F6P/c2*1-3-4-5-6-7-12-9-8-11(2)10-12;2-1(3,4)8(5,6)7;1-7(2,3,4,5)6/h2*8-10H,3-7H2,1-2H3;(H,5,6,7);/q2*+1;;-1/p-1. The van der Waals surface area contributed by atoms with E-state index in [1.807, 2.05) is 0 Å². The zero-order valence-electron chi connectivity index (χ0n) is 22.3. The minimum Gasteiger partial charge on any atom is -0.741 e. The van der Waals surface area contributed by atoms with Gasteiger partial charge >= 0.3 is 38.5 Å². The van der Waals surface area contributed by atoms with Crippen molar-refractivity contribution >= 4 is 17.9 Å². The Morgan fingerprint density at radius 1 is 0.718 bits per heavy atom. The van der Waals surface area contributed by atoms with Crippen LogP contribution in [0.25, 0.3) is 0 Å². The number of aryl methyl sites for hydroxylation is 4. The van der Waals surface area contributed by atoms with E-state index in [4.69, 9.17) is 13.0 Å². The number of imidazole rings is 2. The van der Waals surface area contributed by atoms with Gasteiger partial charge in [0.05, 0.1) is 27.2 Å². The van der Waals surface area contributed by atoms with Gasteiger partial charge in [0.25, 0.3) is 0 Å². The number of halogens is 9. The fourth-order valence-corrected chi connectivity index (χ4v) is 2.71. The van der Waals surface area contributed by atoms with Crippen LogP contribution in [-0.2, 0) is 37.3 Å². The SMILES string of the molecule is CCCCCCn1cc[n+](C)c1.CCCCCCn1cc[n+](C)c1.F[P-](F)(F)(F)(F)F.O=S(=O)([O-])C(F)(F)F. The third kappa shape index (κ3) is 30.5. The van der Waals surface area contributed by atoms with Gasteiger partial charge in [0.15, 0.2) is 10.1 Å². The van der Waals surface area contributed by atoms with Crippen molar-refractivity contribution in [1.82, 2.24) is 9.13 Å². The molecule has 0 unspecified atom stereocenters. The number of hydrogen-bond acceptors (Lipinski definition) is 3. The van der Waals surface area contributed by atoms with E-state index in [1.165, 1.54) is 64.5 Å². The summed E-state index contributed by atoms with van der Waals surface area (Å²) in [6.45, 7) is 6.83. The van der Waals surface area contributed by atoms with Crippen molar-refractivity contribution in [3.05, 3.63) is 37.4 Å². The molecule has 0 saturated heterocycles. The molecule has 0 aliphatic rings. The Bertz CT molecular complexity index is 980. The van der Waals surface area contributed by atoms with Gasteiger partial charge in [-0.3, -0.25) is 0 Å². The molecule has 0 aliphatic heterocycles. The molecule has 0 amide bonds. The maximum atomic E-state index is 10.7. The van der Waals surface area contributed by atoms with Gasteiger partial charge in [0.2, 0.25) is 12.7 Å². The molecular weight excluding hydrogens is 590 g/mol. The Hall–Kier alpha value is -1.87. The Balaban J connectivity index is 0. The van der Waals surface area contributed by atoms with E-state index >= 15 is 0 Å². The fourth-order valence-electron chi connectivity index (χ4n) is 2.71. The van der Waals surface area contributed by atoms with Gasteiger partial charge in [0, 0.05) is 0 Å². The molecule has 0 bridgehead atoms. The molecule has 39 heavy (non-hydrogen) atoms. The molecule has 0 saturated carbocycles. The molecule has 7 nitrogen and oxygen atoms in total. The number of nitrogens with zero attached hydrogens (tertiary/aromatic N) is 4. The molecule has 2 aromatic heterocycles. The second-order valence-electron chi connectivity index (χ2n) is 8.61. The average Bonchev–Trinajstić information content (AvgIpc) is 3.33. The van der Waals surface area contributed by atoms with E-state index in [0.29, 0.717) is 0 Å². The maximum absolute atomic E-state index is 10.7. The van der Waals surface area contributed by atoms with E-state index < -0.39 is 23.4 Å². The summed E-state index contributed by atoms with van der Waals surface area (Å²) in [6, 6.07) is 0. The van der Waals surface area contributed by atoms with Crippen LogP contribution in [-0.4, -0.2) is 27.6 Å². The zero-order valence-corrected chi connectivity index (χ0v) is 24.0. The average molecular weight is 629 g/mol. The monoisotopic (exact) mass is 628 g/mol. The molecule has 0 aliphatic carbocycles. The topological polar surface area (TPSA) is 74.8 Å². The van der Waals surface area contributed by atoms with Crippen molar-refractivity contribution in [1.29, 1.82) is 0 Å². The largest absolute Gasteiger partial charge is 0.741 e. The summed E-state index contributed by atoms with van der Waals surface area (Å²) in [5, 5.41) is 0. The van der Waals surface area contributed by atoms with Gasteiger partial charge in [-0.1, -0.05) is 39.5 Å². The molecule has 0 aromatic carbocycles. The Kier molecular flexibility index (Phi) is 15.9. The van der Waals surface area contributed by atoms with Crippen LogP contribution in [0.2, 0.25) is 0 Å². The molecule has 2 aromatic rings. The summed E-state index contributed by atoms with van der Waals surface area (Å²) < 4.78 is 127. The second-order valence-corrected chi connectivity index (χ2v) is 11.9. The van der Waals surface area contributed by atoms with E-state index in [9.17, 15) is 38.4 Å². The van der Waals surface area contributed by atoms with E-state index in [2.05, 4.69) is 83.7 Å². The van der Waals surface area contributed by atoms with Crippen LogP contribution in [0, 0.1) is 0 Å². The third-order valence-corrected chi connectivity index (χ3v) is 5.04. The van der Waals surface area contributed by atoms with Crippen LogP contribution in [0.4, 0.5) is 38.4 Å². The van der Waals surface area contributed by atoms with Crippen molar-refractivity contribution < 1.29 is 60.5 Å². The van der Waals surface area contributed by atoms with Crippen molar-refractivity contribution in [3.63, 3.8) is 0 Å². The van der Waals surface area contributed by atoms with Crippen molar-refractivity contribution in [2.75, 3.05) is 0 Å². The summed E-state index contributed by atoms with van der Waals surface area (Å²) in [4.78, 5) is 0. The molecule has 2 rings (SSSR count). The first-order valence-corrected chi connectivity index (χ1v) is 15.4. The van der Waals surface area contributed by atoms with Crippen LogP contribution in [0.1, 0.15) is 65.2 Å². The summed E-state index contributed by atoms with van der Waals surface area (Å²) >= 11 is 0. The molecule has 0 radical (unpaired) electrons.